The third kappa shape index (κ3) is 5.06. The number of anilines is 1. The maximum absolute atomic E-state index is 13.0. The van der Waals surface area contributed by atoms with Crippen molar-refractivity contribution in [3.8, 4) is 0 Å². The fourth-order valence-electron chi connectivity index (χ4n) is 3.68. The van der Waals surface area contributed by atoms with Crippen LogP contribution in [0.5, 0.6) is 0 Å². The van der Waals surface area contributed by atoms with Crippen molar-refractivity contribution in [3.63, 3.8) is 0 Å². The molecule has 0 spiro atoms. The molecule has 1 aliphatic heterocycles. The van der Waals surface area contributed by atoms with Crippen LogP contribution in [0.25, 0.3) is 0 Å². The number of carbonyl (C=O) groups excluding carboxylic acids is 2. The van der Waals surface area contributed by atoms with E-state index in [1.807, 2.05) is 65.6 Å². The van der Waals surface area contributed by atoms with Crippen LogP contribution in [0.4, 0.5) is 10.5 Å². The van der Waals surface area contributed by atoms with Crippen LogP contribution in [0, 0.1) is 0 Å². The molecule has 0 unspecified atom stereocenters. The lowest BCUT2D eigenvalue weighted by Crippen LogP contribution is -2.49. The molecule has 1 fully saturated rings. The predicted octanol–water partition coefficient (Wildman–Crippen LogP) is 5.10. The standard InChI is InChI=1S/C25H24ClN3O2/c26-23-10-5-4-9-21(23)17-27-24(30)20-11-13-22(14-12-20)29-16-6-15-28(25(29)31)18-19-7-2-1-3-8-19/h1-5,7-14H,6,15-18H2,(H,27,30). The molecule has 0 atom stereocenters. The molecule has 1 N–H and O–H groups in total. The van der Waals surface area contributed by atoms with Gasteiger partial charge in [-0.15, -0.1) is 0 Å². The number of benzene rings is 3. The molecule has 0 bridgehead atoms. The Morgan fingerprint density at radius 2 is 1.61 bits per heavy atom. The summed E-state index contributed by atoms with van der Waals surface area (Å²) in [6.07, 6.45) is 0.901. The zero-order chi connectivity index (χ0) is 21.6. The van der Waals surface area contributed by atoms with E-state index in [9.17, 15) is 9.59 Å². The maximum atomic E-state index is 13.0. The molecule has 6 heteroatoms. The van der Waals surface area contributed by atoms with E-state index in [0.717, 1.165) is 29.8 Å². The normalized spacial score (nSPS) is 13.9. The van der Waals surface area contributed by atoms with Crippen LogP contribution in [-0.4, -0.2) is 29.9 Å². The first-order valence-electron chi connectivity index (χ1n) is 10.3. The summed E-state index contributed by atoms with van der Waals surface area (Å²) >= 11 is 6.14. The Morgan fingerprint density at radius 3 is 2.35 bits per heavy atom. The second-order valence-electron chi connectivity index (χ2n) is 7.52. The van der Waals surface area contributed by atoms with Gasteiger partial charge in [0.2, 0.25) is 0 Å². The first-order chi connectivity index (χ1) is 15.1. The Hall–Kier alpha value is -3.31. The number of rotatable bonds is 6. The molecule has 31 heavy (non-hydrogen) atoms. The van der Waals surface area contributed by atoms with Crippen LogP contribution < -0.4 is 10.2 Å². The number of urea groups is 1. The minimum atomic E-state index is -0.179. The first-order valence-corrected chi connectivity index (χ1v) is 10.7. The molecule has 158 valence electrons. The summed E-state index contributed by atoms with van der Waals surface area (Å²) in [5, 5.41) is 3.51. The highest BCUT2D eigenvalue weighted by Gasteiger charge is 2.26. The Morgan fingerprint density at radius 1 is 0.903 bits per heavy atom. The monoisotopic (exact) mass is 433 g/mol. The molecule has 3 amide bonds. The summed E-state index contributed by atoms with van der Waals surface area (Å²) in [4.78, 5) is 29.1. The summed E-state index contributed by atoms with van der Waals surface area (Å²) in [6.45, 7) is 2.37. The Kier molecular flexibility index (Phi) is 6.53. The van der Waals surface area contributed by atoms with Crippen molar-refractivity contribution in [3.05, 3.63) is 101 Å². The Bertz CT molecular complexity index is 1050. The molecule has 1 heterocycles. The summed E-state index contributed by atoms with van der Waals surface area (Å²) in [6, 6.07) is 24.6. The fraction of sp³-hybridized carbons (Fsp3) is 0.200. The van der Waals surface area contributed by atoms with Crippen molar-refractivity contribution < 1.29 is 9.59 Å². The van der Waals surface area contributed by atoms with Gasteiger partial charge in [-0.25, -0.2) is 4.79 Å². The lowest BCUT2D eigenvalue weighted by Gasteiger charge is -2.35. The maximum Gasteiger partial charge on any atom is 0.324 e. The van der Waals surface area contributed by atoms with E-state index >= 15 is 0 Å². The number of halogens is 1. The van der Waals surface area contributed by atoms with E-state index in [-0.39, 0.29) is 11.9 Å². The van der Waals surface area contributed by atoms with E-state index < -0.39 is 0 Å². The highest BCUT2D eigenvalue weighted by atomic mass is 35.5. The number of nitrogens with zero attached hydrogens (tertiary/aromatic N) is 2. The van der Waals surface area contributed by atoms with Gasteiger partial charge in [0, 0.05) is 42.5 Å². The van der Waals surface area contributed by atoms with Crippen LogP contribution in [0.2, 0.25) is 5.02 Å². The van der Waals surface area contributed by atoms with Crippen molar-refractivity contribution in [2.75, 3.05) is 18.0 Å². The minimum Gasteiger partial charge on any atom is -0.348 e. The number of carbonyl (C=O) groups is 2. The van der Waals surface area contributed by atoms with E-state index in [1.165, 1.54) is 0 Å². The molecule has 5 nitrogen and oxygen atoms in total. The van der Waals surface area contributed by atoms with E-state index in [1.54, 1.807) is 23.1 Å². The zero-order valence-electron chi connectivity index (χ0n) is 17.1. The summed E-state index contributed by atoms with van der Waals surface area (Å²) in [7, 11) is 0. The van der Waals surface area contributed by atoms with Gasteiger partial charge in [0.25, 0.3) is 5.91 Å². The average molecular weight is 434 g/mol. The van der Waals surface area contributed by atoms with Gasteiger partial charge in [-0.1, -0.05) is 60.1 Å². The molecule has 4 rings (SSSR count). The van der Waals surface area contributed by atoms with Crippen molar-refractivity contribution >= 4 is 29.2 Å². The third-order valence-corrected chi connectivity index (χ3v) is 5.73. The van der Waals surface area contributed by atoms with Gasteiger partial charge < -0.3 is 10.2 Å². The smallest absolute Gasteiger partial charge is 0.324 e. The summed E-state index contributed by atoms with van der Waals surface area (Å²) in [5.41, 5.74) is 3.32. The molecule has 1 saturated heterocycles. The molecule has 3 aromatic rings. The third-order valence-electron chi connectivity index (χ3n) is 5.37. The number of hydrogen-bond acceptors (Lipinski definition) is 2. The molecule has 1 aliphatic rings. The van der Waals surface area contributed by atoms with Gasteiger partial charge in [-0.3, -0.25) is 9.69 Å². The second-order valence-corrected chi connectivity index (χ2v) is 7.92. The highest BCUT2D eigenvalue weighted by molar-refractivity contribution is 6.31. The lowest BCUT2D eigenvalue weighted by atomic mass is 10.1. The van der Waals surface area contributed by atoms with Gasteiger partial charge in [0.15, 0.2) is 0 Å². The molecular formula is C25H24ClN3O2. The average Bonchev–Trinajstić information content (AvgIpc) is 2.80. The van der Waals surface area contributed by atoms with Gasteiger partial charge >= 0.3 is 6.03 Å². The number of nitrogens with one attached hydrogen (secondary N) is 1. The number of amides is 3. The van der Waals surface area contributed by atoms with Gasteiger partial charge in [0.1, 0.15) is 0 Å². The fourth-order valence-corrected chi connectivity index (χ4v) is 3.89. The van der Waals surface area contributed by atoms with Crippen molar-refractivity contribution in [1.29, 1.82) is 0 Å². The Balaban J connectivity index is 1.39. The number of hydrogen-bond donors (Lipinski definition) is 1. The van der Waals surface area contributed by atoms with Gasteiger partial charge in [-0.2, -0.15) is 0 Å². The van der Waals surface area contributed by atoms with Crippen LogP contribution in [0.3, 0.4) is 0 Å². The van der Waals surface area contributed by atoms with Crippen LogP contribution in [0.1, 0.15) is 27.9 Å². The summed E-state index contributed by atoms with van der Waals surface area (Å²) < 4.78 is 0. The Labute approximate surface area is 187 Å². The quantitative estimate of drug-likeness (QED) is 0.587. The predicted molar refractivity (Wildman–Crippen MR) is 123 cm³/mol. The SMILES string of the molecule is O=C(NCc1ccccc1Cl)c1ccc(N2CCCN(Cc3ccccc3)C2=O)cc1. The lowest BCUT2D eigenvalue weighted by molar-refractivity contribution is 0.0951. The zero-order valence-corrected chi connectivity index (χ0v) is 17.9. The molecule has 0 radical (unpaired) electrons. The van der Waals surface area contributed by atoms with E-state index in [0.29, 0.717) is 30.2 Å². The molecule has 0 aromatic heterocycles. The highest BCUT2D eigenvalue weighted by Crippen LogP contribution is 2.22. The topological polar surface area (TPSA) is 52.7 Å². The van der Waals surface area contributed by atoms with Gasteiger partial charge in [0.05, 0.1) is 0 Å². The molecular weight excluding hydrogens is 410 g/mol. The first kappa shape index (κ1) is 20.9. The van der Waals surface area contributed by atoms with Gasteiger partial charge in [-0.05, 0) is 47.9 Å². The van der Waals surface area contributed by atoms with Crippen LogP contribution in [0.15, 0.2) is 78.9 Å². The summed E-state index contributed by atoms with van der Waals surface area (Å²) in [5.74, 6) is -0.179. The molecule has 3 aromatic carbocycles. The van der Waals surface area contributed by atoms with Crippen LogP contribution in [-0.2, 0) is 13.1 Å². The van der Waals surface area contributed by atoms with Crippen molar-refractivity contribution in [2.45, 2.75) is 19.5 Å². The minimum absolute atomic E-state index is 0.00831. The second kappa shape index (κ2) is 9.67. The van der Waals surface area contributed by atoms with Crippen LogP contribution >= 0.6 is 11.6 Å². The van der Waals surface area contributed by atoms with Crippen molar-refractivity contribution in [2.24, 2.45) is 0 Å². The molecule has 0 aliphatic carbocycles. The van der Waals surface area contributed by atoms with E-state index in [2.05, 4.69) is 5.32 Å². The molecule has 0 saturated carbocycles. The van der Waals surface area contributed by atoms with E-state index in [4.69, 9.17) is 11.6 Å². The largest absolute Gasteiger partial charge is 0.348 e. The van der Waals surface area contributed by atoms with Crippen molar-refractivity contribution in [1.82, 2.24) is 10.2 Å².